The molecule has 20 rings (SSSR count). The molecule has 5 aromatic heterocycles. The smallest absolute Gasteiger partial charge is 0.238 e. The Morgan fingerprint density at radius 1 is 0.238 bits per heavy atom. The van der Waals surface area contributed by atoms with Crippen LogP contribution in [0.1, 0.15) is 11.1 Å². The van der Waals surface area contributed by atoms with Crippen molar-refractivity contribution in [2.45, 2.75) is 6.42 Å². The van der Waals surface area contributed by atoms with Gasteiger partial charge in [0.2, 0.25) is 11.2 Å². The van der Waals surface area contributed by atoms with E-state index in [4.69, 9.17) is 26.6 Å². The van der Waals surface area contributed by atoms with Gasteiger partial charge in [0, 0.05) is 65.9 Å². The lowest BCUT2D eigenvalue weighted by atomic mass is 9.93. The molecular weight excluding hydrogens is 1250 g/mol. The van der Waals surface area contributed by atoms with Crippen LogP contribution >= 0.6 is 11.6 Å². The first-order valence-corrected chi connectivity index (χ1v) is 34.2. The summed E-state index contributed by atoms with van der Waals surface area (Å²) in [6.45, 7) is 0. The van der Waals surface area contributed by atoms with E-state index in [-0.39, 0.29) is 5.28 Å². The normalized spacial score (nSPS) is 11.6. The SMILES string of the molecule is Clc1nc(-c2ccccc2)nc(-c2ccccc2)n1.c1ccc(-c2nc(-c3ccccc3)nc(-n3c4ccccc4c4c(-c5ccc6c(c5)c5ccccc5n6-c5ccccc5)cccc43)n2)cc1.c1ccc(-n2c3ccccc3c3cc(-c4cccc5c4-c4ccccc4C5)ccc32)cc1. The standard InChI is InChI=1S/C45H29N5.C31H21N.C15H10ClN3/c1-4-15-30(16-5-1)43-46-44(31-17-6-2-7-18-31)48-45(47-43)50-39-25-13-11-22-36(39)42-34(23-14-26-41(42)50)32-27-28-40-37(29-32)35-21-10-12-24-38(35)49(40)33-19-8-3-9-20-33;1-2-11-24(12-3-1)32-29-16-7-6-14-27(29)28-20-22(17-18-30(28)32)26-15-8-10-23-19-21-9-4-5-13-25(21)31(23)26;16-15-18-13(11-7-3-1-4-8-11)17-14(19-15)12-9-5-2-6-10-12/h1-29H;1-18,20H,19H2;1-10H. The van der Waals surface area contributed by atoms with Crippen molar-refractivity contribution >= 4 is 77.0 Å². The van der Waals surface area contributed by atoms with Crippen molar-refractivity contribution < 1.29 is 0 Å². The van der Waals surface area contributed by atoms with Gasteiger partial charge in [-0.25, -0.2) is 9.97 Å². The quantitative estimate of drug-likeness (QED) is 0.143. The number of aromatic nitrogens is 9. The van der Waals surface area contributed by atoms with Gasteiger partial charge < -0.3 is 9.13 Å². The van der Waals surface area contributed by atoms with E-state index in [0.717, 1.165) is 67.3 Å². The van der Waals surface area contributed by atoms with E-state index in [1.54, 1.807) is 0 Å². The number of nitrogens with zero attached hydrogens (tertiary/aromatic N) is 9. The molecular formula is C91H60ClN9. The first kappa shape index (κ1) is 60.2. The first-order chi connectivity index (χ1) is 50.0. The van der Waals surface area contributed by atoms with E-state index in [1.165, 1.54) is 82.7 Å². The van der Waals surface area contributed by atoms with Gasteiger partial charge in [-0.3, -0.25) is 4.57 Å². The minimum absolute atomic E-state index is 0.202. The molecule has 0 saturated carbocycles. The van der Waals surface area contributed by atoms with Crippen LogP contribution in [0.5, 0.6) is 0 Å². The Kier molecular flexibility index (Phi) is 15.5. The van der Waals surface area contributed by atoms with Crippen molar-refractivity contribution in [2.24, 2.45) is 0 Å². The molecule has 0 aliphatic heterocycles. The Labute approximate surface area is 587 Å². The highest BCUT2D eigenvalue weighted by Gasteiger charge is 2.25. The Hall–Kier alpha value is -13.2. The van der Waals surface area contributed by atoms with Crippen molar-refractivity contribution in [3.63, 3.8) is 0 Å². The predicted molar refractivity (Wildman–Crippen MR) is 415 cm³/mol. The fourth-order valence-corrected chi connectivity index (χ4v) is 14.7. The zero-order valence-electron chi connectivity index (χ0n) is 54.6. The summed E-state index contributed by atoms with van der Waals surface area (Å²) in [7, 11) is 0. The molecule has 0 spiro atoms. The zero-order chi connectivity index (χ0) is 67.2. The van der Waals surface area contributed by atoms with Crippen LogP contribution in [0.2, 0.25) is 5.28 Å². The van der Waals surface area contributed by atoms with Crippen LogP contribution in [0.3, 0.4) is 0 Å². The second-order valence-electron chi connectivity index (χ2n) is 25.1. The number of hydrogen-bond donors (Lipinski definition) is 0. The van der Waals surface area contributed by atoms with Crippen LogP contribution in [-0.4, -0.2) is 43.6 Å². The molecule has 101 heavy (non-hydrogen) atoms. The number of fused-ring (bicyclic) bond motifs is 12. The van der Waals surface area contributed by atoms with Crippen molar-refractivity contribution in [3.05, 3.63) is 368 Å². The average molecular weight is 1310 g/mol. The molecule has 14 aromatic carbocycles. The molecule has 1 aliphatic rings. The molecule has 10 heteroatoms. The predicted octanol–water partition coefficient (Wildman–Crippen LogP) is 22.9. The third kappa shape index (κ3) is 11.1. The van der Waals surface area contributed by atoms with Crippen LogP contribution in [0, 0.1) is 0 Å². The van der Waals surface area contributed by atoms with Crippen LogP contribution in [-0.2, 0) is 6.42 Å². The maximum Gasteiger partial charge on any atom is 0.238 e. The zero-order valence-corrected chi connectivity index (χ0v) is 55.4. The van der Waals surface area contributed by atoms with Crippen molar-refractivity contribution in [1.29, 1.82) is 0 Å². The van der Waals surface area contributed by atoms with Crippen molar-refractivity contribution in [3.8, 4) is 96.3 Å². The van der Waals surface area contributed by atoms with Crippen LogP contribution in [0.25, 0.3) is 162 Å². The lowest BCUT2D eigenvalue weighted by Crippen LogP contribution is -2.06. The number of halogens is 1. The molecule has 5 heterocycles. The molecule has 0 bridgehead atoms. The molecule has 0 N–H and O–H groups in total. The molecule has 0 fully saturated rings. The number of benzene rings is 14. The summed E-state index contributed by atoms with van der Waals surface area (Å²) in [4.78, 5) is 28.0. The van der Waals surface area contributed by atoms with E-state index in [9.17, 15) is 0 Å². The largest absolute Gasteiger partial charge is 0.309 e. The van der Waals surface area contributed by atoms with Gasteiger partial charge >= 0.3 is 0 Å². The second-order valence-corrected chi connectivity index (χ2v) is 25.4. The third-order valence-corrected chi connectivity index (χ3v) is 19.2. The highest BCUT2D eigenvalue weighted by atomic mass is 35.5. The lowest BCUT2D eigenvalue weighted by Gasteiger charge is -2.11. The summed E-state index contributed by atoms with van der Waals surface area (Å²) < 4.78 is 6.92. The van der Waals surface area contributed by atoms with Gasteiger partial charge in [0.15, 0.2) is 23.3 Å². The summed E-state index contributed by atoms with van der Waals surface area (Å²) in [5.41, 5.74) is 23.6. The summed E-state index contributed by atoms with van der Waals surface area (Å²) in [5, 5.41) is 7.56. The van der Waals surface area contributed by atoms with Gasteiger partial charge in [0.1, 0.15) is 0 Å². The lowest BCUT2D eigenvalue weighted by molar-refractivity contribution is 0.953. The van der Waals surface area contributed by atoms with E-state index in [2.05, 4.69) is 259 Å². The maximum atomic E-state index is 5.99. The average Bonchev–Trinajstić information content (AvgIpc) is 1.58. The number of rotatable bonds is 9. The Morgan fingerprint density at radius 2 is 0.594 bits per heavy atom. The molecule has 0 saturated heterocycles. The van der Waals surface area contributed by atoms with E-state index in [0.29, 0.717) is 29.2 Å². The maximum absolute atomic E-state index is 5.99. The van der Waals surface area contributed by atoms with Gasteiger partial charge in [0.25, 0.3) is 0 Å². The van der Waals surface area contributed by atoms with Crippen LogP contribution in [0.4, 0.5) is 0 Å². The topological polar surface area (TPSA) is 92.1 Å². The third-order valence-electron chi connectivity index (χ3n) is 19.1. The molecule has 0 radical (unpaired) electrons. The summed E-state index contributed by atoms with van der Waals surface area (Å²) in [6, 6.07) is 123. The minimum Gasteiger partial charge on any atom is -0.309 e. The minimum atomic E-state index is 0.202. The highest BCUT2D eigenvalue weighted by molar-refractivity contribution is 6.28. The van der Waals surface area contributed by atoms with Gasteiger partial charge in [-0.15, -0.1) is 0 Å². The summed E-state index contributed by atoms with van der Waals surface area (Å²) >= 11 is 5.99. The van der Waals surface area contributed by atoms with Gasteiger partial charge in [-0.1, -0.05) is 279 Å². The van der Waals surface area contributed by atoms with E-state index >= 15 is 0 Å². The number of para-hydroxylation sites is 5. The summed E-state index contributed by atoms with van der Waals surface area (Å²) in [5.74, 6) is 3.02. The van der Waals surface area contributed by atoms with Crippen LogP contribution in [0.15, 0.2) is 352 Å². The molecule has 9 nitrogen and oxygen atoms in total. The molecule has 0 unspecified atom stereocenters. The van der Waals surface area contributed by atoms with Gasteiger partial charge in [-0.2, -0.15) is 19.9 Å². The summed E-state index contributed by atoms with van der Waals surface area (Å²) in [6.07, 6.45) is 1.02. The molecule has 476 valence electrons. The fourth-order valence-electron chi connectivity index (χ4n) is 14.6. The Balaban J connectivity index is 0.000000122. The first-order valence-electron chi connectivity index (χ1n) is 33.8. The molecule has 0 atom stereocenters. The molecule has 19 aromatic rings. The second kappa shape index (κ2) is 26.0. The number of hydrogen-bond acceptors (Lipinski definition) is 6. The highest BCUT2D eigenvalue weighted by Crippen LogP contribution is 2.46. The Morgan fingerprint density at radius 3 is 1.10 bits per heavy atom. The monoisotopic (exact) mass is 1310 g/mol. The van der Waals surface area contributed by atoms with Gasteiger partial charge in [-0.05, 0) is 135 Å². The van der Waals surface area contributed by atoms with Gasteiger partial charge in [0.05, 0.1) is 33.1 Å². The van der Waals surface area contributed by atoms with Crippen molar-refractivity contribution in [1.82, 2.24) is 43.6 Å². The van der Waals surface area contributed by atoms with Crippen molar-refractivity contribution in [2.75, 3.05) is 0 Å². The fraction of sp³-hybridized carbons (Fsp3) is 0.0110. The Bertz CT molecular complexity index is 6180. The molecule has 0 amide bonds. The van der Waals surface area contributed by atoms with E-state index in [1.807, 2.05) is 121 Å². The van der Waals surface area contributed by atoms with E-state index < -0.39 is 0 Å². The molecule has 1 aliphatic carbocycles. The van der Waals surface area contributed by atoms with Crippen LogP contribution < -0.4 is 0 Å².